The third kappa shape index (κ3) is 4.12. The van der Waals surface area contributed by atoms with Gasteiger partial charge in [-0.1, -0.05) is 25.0 Å². The third-order valence-corrected chi connectivity index (χ3v) is 8.16. The van der Waals surface area contributed by atoms with E-state index in [4.69, 9.17) is 4.74 Å². The van der Waals surface area contributed by atoms with Crippen LogP contribution in [0.2, 0.25) is 0 Å². The number of methoxy groups -OCH3 is 1. The van der Waals surface area contributed by atoms with E-state index in [9.17, 15) is 13.2 Å². The van der Waals surface area contributed by atoms with Crippen molar-refractivity contribution in [2.45, 2.75) is 57.0 Å². The second-order valence-electron chi connectivity index (χ2n) is 8.28. The number of hydrogen-bond acceptors (Lipinski definition) is 4. The number of H-pyrrole nitrogens is 1. The number of pyridine rings is 1. The smallest absolute Gasteiger partial charge is 0.252 e. The molecule has 1 aliphatic carbocycles. The molecule has 1 saturated carbocycles. The number of aryl methyl sites for hydroxylation is 2. The number of rotatable bonds is 6. The fourth-order valence-electron chi connectivity index (χ4n) is 4.39. The van der Waals surface area contributed by atoms with Crippen LogP contribution < -0.4 is 10.3 Å². The maximum atomic E-state index is 13.6. The zero-order valence-electron chi connectivity index (χ0n) is 18.1. The predicted octanol–water partition coefficient (Wildman–Crippen LogP) is 4.29. The Hall–Kier alpha value is -2.64. The van der Waals surface area contributed by atoms with Crippen molar-refractivity contribution >= 4 is 20.9 Å². The average molecular weight is 441 g/mol. The topological polar surface area (TPSA) is 79.5 Å². The molecule has 0 unspecified atom stereocenters. The number of aromatic amines is 1. The first kappa shape index (κ1) is 21.6. The first-order chi connectivity index (χ1) is 14.8. The van der Waals surface area contributed by atoms with Gasteiger partial charge in [0.05, 0.1) is 17.5 Å². The summed E-state index contributed by atoms with van der Waals surface area (Å²) in [6.07, 6.45) is 3.59. The van der Waals surface area contributed by atoms with Gasteiger partial charge in [-0.25, -0.2) is 8.42 Å². The maximum absolute atomic E-state index is 13.6. The van der Waals surface area contributed by atoms with Gasteiger partial charge >= 0.3 is 0 Å². The molecular weight excluding hydrogens is 412 g/mol. The number of fused-ring (bicyclic) bond motifs is 1. The third-order valence-electron chi connectivity index (χ3n) is 6.24. The van der Waals surface area contributed by atoms with Gasteiger partial charge in [0.2, 0.25) is 10.0 Å². The molecular formula is C24H28N2O4S. The highest BCUT2D eigenvalue weighted by Gasteiger charge is 2.34. The number of nitrogens with one attached hydrogen (secondary N) is 1. The molecule has 2 aromatic carbocycles. The van der Waals surface area contributed by atoms with Gasteiger partial charge in [0.25, 0.3) is 5.56 Å². The maximum Gasteiger partial charge on any atom is 0.252 e. The Morgan fingerprint density at radius 1 is 1.03 bits per heavy atom. The summed E-state index contributed by atoms with van der Waals surface area (Å²) in [6, 6.07) is 12.2. The van der Waals surface area contributed by atoms with E-state index in [1.54, 1.807) is 31.4 Å². The Kier molecular flexibility index (Phi) is 5.90. The number of ether oxygens (including phenoxy) is 1. The van der Waals surface area contributed by atoms with Gasteiger partial charge in [-0.2, -0.15) is 4.31 Å². The number of nitrogens with zero attached hydrogens (tertiary/aromatic N) is 1. The van der Waals surface area contributed by atoms with Crippen LogP contribution in [0, 0.1) is 13.8 Å². The summed E-state index contributed by atoms with van der Waals surface area (Å²) in [7, 11) is -2.23. The van der Waals surface area contributed by atoms with E-state index in [-0.39, 0.29) is 23.0 Å². The number of sulfonamides is 1. The largest absolute Gasteiger partial charge is 0.497 e. The summed E-state index contributed by atoms with van der Waals surface area (Å²) in [4.78, 5) is 16.1. The number of hydrogen-bond donors (Lipinski definition) is 1. The van der Waals surface area contributed by atoms with Crippen molar-refractivity contribution in [2.24, 2.45) is 0 Å². The molecule has 0 atom stereocenters. The summed E-state index contributed by atoms with van der Waals surface area (Å²) in [6.45, 7) is 4.00. The summed E-state index contributed by atoms with van der Waals surface area (Å²) < 4.78 is 33.9. The molecule has 1 aromatic heterocycles. The van der Waals surface area contributed by atoms with Crippen LogP contribution in [-0.2, 0) is 16.6 Å². The lowest BCUT2D eigenvalue weighted by Crippen LogP contribution is -2.39. The van der Waals surface area contributed by atoms with Gasteiger partial charge in [-0.3, -0.25) is 4.79 Å². The molecule has 1 fully saturated rings. The highest BCUT2D eigenvalue weighted by Crippen LogP contribution is 2.31. The van der Waals surface area contributed by atoms with Crippen LogP contribution >= 0.6 is 0 Å². The van der Waals surface area contributed by atoms with Crippen LogP contribution in [0.3, 0.4) is 0 Å². The molecule has 7 heteroatoms. The van der Waals surface area contributed by atoms with Crippen LogP contribution in [0.4, 0.5) is 0 Å². The summed E-state index contributed by atoms with van der Waals surface area (Å²) in [5.74, 6) is 0.600. The van der Waals surface area contributed by atoms with Crippen LogP contribution in [0.5, 0.6) is 5.75 Å². The highest BCUT2D eigenvalue weighted by atomic mass is 32.2. The molecule has 0 amide bonds. The number of benzene rings is 2. The minimum Gasteiger partial charge on any atom is -0.497 e. The second-order valence-corrected chi connectivity index (χ2v) is 10.2. The van der Waals surface area contributed by atoms with Crippen molar-refractivity contribution in [3.8, 4) is 5.75 Å². The van der Waals surface area contributed by atoms with Crippen molar-refractivity contribution in [1.29, 1.82) is 0 Å². The minimum atomic E-state index is -3.77. The Labute approximate surface area is 182 Å². The molecule has 3 aromatic rings. The van der Waals surface area contributed by atoms with Gasteiger partial charge < -0.3 is 9.72 Å². The second kappa shape index (κ2) is 8.48. The molecule has 0 aliphatic heterocycles. The van der Waals surface area contributed by atoms with E-state index in [2.05, 4.69) is 4.98 Å². The van der Waals surface area contributed by atoms with Gasteiger partial charge in [0, 0.05) is 23.5 Å². The van der Waals surface area contributed by atoms with Crippen LogP contribution in [0.25, 0.3) is 10.9 Å². The van der Waals surface area contributed by atoms with Gasteiger partial charge in [-0.15, -0.1) is 0 Å². The molecule has 0 radical (unpaired) electrons. The molecule has 31 heavy (non-hydrogen) atoms. The fourth-order valence-corrected chi connectivity index (χ4v) is 6.05. The van der Waals surface area contributed by atoms with Crippen molar-refractivity contribution in [3.05, 3.63) is 69.5 Å². The van der Waals surface area contributed by atoms with Gasteiger partial charge in [0.15, 0.2) is 0 Å². The normalized spacial score (nSPS) is 15.1. The van der Waals surface area contributed by atoms with E-state index in [0.717, 1.165) is 47.7 Å². The predicted molar refractivity (Wildman–Crippen MR) is 122 cm³/mol. The minimum absolute atomic E-state index is 0.0533. The van der Waals surface area contributed by atoms with Crippen molar-refractivity contribution < 1.29 is 13.2 Å². The first-order valence-corrected chi connectivity index (χ1v) is 12.0. The number of aromatic nitrogens is 1. The summed E-state index contributed by atoms with van der Waals surface area (Å²) in [5, 5.41) is 0.947. The highest BCUT2D eigenvalue weighted by molar-refractivity contribution is 7.89. The van der Waals surface area contributed by atoms with E-state index in [1.807, 2.05) is 32.0 Å². The molecule has 0 bridgehead atoms. The Morgan fingerprint density at radius 2 is 1.68 bits per heavy atom. The molecule has 0 saturated heterocycles. The van der Waals surface area contributed by atoms with Gasteiger partial charge in [-0.05, 0) is 68.1 Å². The lowest BCUT2D eigenvalue weighted by Gasteiger charge is -2.28. The standard InChI is InChI=1S/C24H28N2O4S/c1-16-8-9-17(2)23-22(16)14-18(24(27)25-23)15-26(19-6-4-5-7-19)31(28,29)21-12-10-20(30-3)11-13-21/h8-14,19H,4-7,15H2,1-3H3,(H,25,27). The first-order valence-electron chi connectivity index (χ1n) is 10.6. The Balaban J connectivity index is 1.78. The molecule has 1 heterocycles. The van der Waals surface area contributed by atoms with E-state index in [1.165, 1.54) is 4.31 Å². The molecule has 164 valence electrons. The zero-order valence-corrected chi connectivity index (χ0v) is 19.0. The molecule has 1 N–H and O–H groups in total. The summed E-state index contributed by atoms with van der Waals surface area (Å²) >= 11 is 0. The fraction of sp³-hybridized carbons (Fsp3) is 0.375. The van der Waals surface area contributed by atoms with E-state index in [0.29, 0.717) is 11.3 Å². The SMILES string of the molecule is COc1ccc(S(=O)(=O)N(Cc2cc3c(C)ccc(C)c3[nH]c2=O)C2CCCC2)cc1. The van der Waals surface area contributed by atoms with Crippen molar-refractivity contribution in [1.82, 2.24) is 9.29 Å². The van der Waals surface area contributed by atoms with E-state index >= 15 is 0 Å². The van der Waals surface area contributed by atoms with Crippen LogP contribution in [-0.4, -0.2) is 30.9 Å². The molecule has 1 aliphatic rings. The molecule has 4 rings (SSSR count). The van der Waals surface area contributed by atoms with Crippen LogP contribution in [0.15, 0.2) is 52.2 Å². The van der Waals surface area contributed by atoms with Crippen molar-refractivity contribution in [3.63, 3.8) is 0 Å². The van der Waals surface area contributed by atoms with Crippen molar-refractivity contribution in [2.75, 3.05) is 7.11 Å². The molecule has 6 nitrogen and oxygen atoms in total. The molecule has 0 spiro atoms. The Morgan fingerprint density at radius 3 is 2.32 bits per heavy atom. The lowest BCUT2D eigenvalue weighted by molar-refractivity contribution is 0.315. The van der Waals surface area contributed by atoms with Crippen LogP contribution in [0.1, 0.15) is 42.4 Å². The monoisotopic (exact) mass is 440 g/mol. The Bertz CT molecular complexity index is 1260. The summed E-state index contributed by atoms with van der Waals surface area (Å²) in [5.41, 5.74) is 3.06. The average Bonchev–Trinajstić information content (AvgIpc) is 3.29. The van der Waals surface area contributed by atoms with E-state index < -0.39 is 10.0 Å². The van der Waals surface area contributed by atoms with Gasteiger partial charge in [0.1, 0.15) is 5.75 Å². The zero-order chi connectivity index (χ0) is 22.2. The lowest BCUT2D eigenvalue weighted by atomic mass is 10.0. The quantitative estimate of drug-likeness (QED) is 0.620.